The van der Waals surface area contributed by atoms with Crippen molar-refractivity contribution in [2.24, 2.45) is 0 Å². The zero-order valence-corrected chi connectivity index (χ0v) is 14.7. The lowest BCUT2D eigenvalue weighted by atomic mass is 10.2. The van der Waals surface area contributed by atoms with Crippen molar-refractivity contribution in [3.8, 4) is 17.2 Å². The first kappa shape index (κ1) is 16.7. The Morgan fingerprint density at radius 3 is 2.48 bits per heavy atom. The van der Waals surface area contributed by atoms with Gasteiger partial charge in [-0.2, -0.15) is 0 Å². The minimum Gasteiger partial charge on any atom is -0.497 e. The van der Waals surface area contributed by atoms with Crippen molar-refractivity contribution in [3.63, 3.8) is 0 Å². The molecular weight excluding hydrogens is 340 g/mol. The summed E-state index contributed by atoms with van der Waals surface area (Å²) < 4.78 is 11.1. The summed E-state index contributed by atoms with van der Waals surface area (Å²) in [5.74, 6) is 1.79. The molecule has 0 atom stereocenters. The number of rotatable bonds is 5. The average molecular weight is 358 g/mol. The highest BCUT2D eigenvalue weighted by Gasteiger charge is 2.13. The van der Waals surface area contributed by atoms with Crippen LogP contribution in [0.1, 0.15) is 10.5 Å². The molecule has 1 amide bonds. The molecule has 0 aliphatic carbocycles. The summed E-state index contributed by atoms with van der Waals surface area (Å²) in [4.78, 5) is 15.8. The molecule has 0 saturated carbocycles. The van der Waals surface area contributed by atoms with Gasteiger partial charge in [0.25, 0.3) is 5.91 Å². The molecule has 0 aliphatic heterocycles. The summed E-state index contributed by atoms with van der Waals surface area (Å²) in [5, 5.41) is 3.82. The number of carbonyl (C=O) groups excluding carboxylic acids is 1. The van der Waals surface area contributed by atoms with E-state index in [2.05, 4.69) is 10.3 Å². The fourth-order valence-corrected chi connectivity index (χ4v) is 2.82. The highest BCUT2D eigenvalue weighted by atomic mass is 16.5. The fourth-order valence-electron chi connectivity index (χ4n) is 2.82. The molecule has 1 heterocycles. The smallest absolute Gasteiger partial charge is 0.272 e. The minimum atomic E-state index is -0.241. The molecule has 0 spiro atoms. The zero-order valence-electron chi connectivity index (χ0n) is 14.7. The lowest BCUT2D eigenvalue weighted by Crippen LogP contribution is -2.12. The Kier molecular flexibility index (Phi) is 4.49. The minimum absolute atomic E-state index is 0.241. The second-order valence-corrected chi connectivity index (χ2v) is 6.00. The number of aromatic nitrogens is 1. The Hall–Kier alpha value is -3.73. The molecule has 0 fully saturated rings. The van der Waals surface area contributed by atoms with Crippen LogP contribution in [0.3, 0.4) is 0 Å². The van der Waals surface area contributed by atoms with Gasteiger partial charge < -0.3 is 19.8 Å². The van der Waals surface area contributed by atoms with Crippen molar-refractivity contribution in [2.45, 2.75) is 0 Å². The van der Waals surface area contributed by atoms with Gasteiger partial charge in [-0.05, 0) is 48.5 Å². The van der Waals surface area contributed by atoms with E-state index in [1.165, 1.54) is 0 Å². The quantitative estimate of drug-likeness (QED) is 0.514. The molecule has 0 unspecified atom stereocenters. The molecule has 3 aromatic carbocycles. The first-order chi connectivity index (χ1) is 13.2. The number of hydrogen-bond acceptors (Lipinski definition) is 3. The number of methoxy groups -OCH3 is 1. The van der Waals surface area contributed by atoms with Gasteiger partial charge in [-0.15, -0.1) is 0 Å². The van der Waals surface area contributed by atoms with Gasteiger partial charge in [0, 0.05) is 10.9 Å². The number of para-hydroxylation sites is 3. The molecule has 0 saturated heterocycles. The van der Waals surface area contributed by atoms with Gasteiger partial charge in [-0.25, -0.2) is 0 Å². The van der Waals surface area contributed by atoms with Crippen LogP contribution >= 0.6 is 0 Å². The molecule has 0 aliphatic rings. The predicted octanol–water partition coefficient (Wildman–Crippen LogP) is 5.22. The van der Waals surface area contributed by atoms with E-state index in [0.717, 1.165) is 16.7 Å². The average Bonchev–Trinajstić information content (AvgIpc) is 3.13. The number of anilines is 1. The topological polar surface area (TPSA) is 63.4 Å². The van der Waals surface area contributed by atoms with Gasteiger partial charge in [0.1, 0.15) is 17.2 Å². The van der Waals surface area contributed by atoms with Gasteiger partial charge >= 0.3 is 0 Å². The first-order valence-electron chi connectivity index (χ1n) is 8.53. The summed E-state index contributed by atoms with van der Waals surface area (Å²) in [7, 11) is 1.62. The third-order valence-electron chi connectivity index (χ3n) is 4.18. The first-order valence-corrected chi connectivity index (χ1v) is 8.53. The Morgan fingerprint density at radius 2 is 1.67 bits per heavy atom. The number of nitrogens with one attached hydrogen (secondary N) is 2. The van der Waals surface area contributed by atoms with Crippen molar-refractivity contribution in [1.29, 1.82) is 0 Å². The molecular formula is C22H18N2O3. The number of hydrogen-bond donors (Lipinski definition) is 2. The molecule has 5 nitrogen and oxygen atoms in total. The molecule has 4 rings (SSSR count). The number of fused-ring (bicyclic) bond motifs is 1. The van der Waals surface area contributed by atoms with Gasteiger partial charge in [-0.1, -0.05) is 30.3 Å². The number of carbonyl (C=O) groups is 1. The molecule has 0 radical (unpaired) electrons. The third-order valence-corrected chi connectivity index (χ3v) is 4.18. The van der Waals surface area contributed by atoms with Crippen LogP contribution in [0.2, 0.25) is 0 Å². The van der Waals surface area contributed by atoms with Gasteiger partial charge in [-0.3, -0.25) is 4.79 Å². The summed E-state index contributed by atoms with van der Waals surface area (Å²) in [6, 6.07) is 24.2. The van der Waals surface area contributed by atoms with Crippen LogP contribution in [-0.2, 0) is 0 Å². The van der Waals surface area contributed by atoms with E-state index in [4.69, 9.17) is 9.47 Å². The number of benzene rings is 3. The van der Waals surface area contributed by atoms with E-state index < -0.39 is 0 Å². The SMILES string of the molecule is COc1ccc2[nH]c(C(=O)Nc3ccccc3Oc3ccccc3)cc2c1. The van der Waals surface area contributed by atoms with Crippen molar-refractivity contribution in [2.75, 3.05) is 12.4 Å². The van der Waals surface area contributed by atoms with Gasteiger partial charge in [0.05, 0.1) is 12.8 Å². The lowest BCUT2D eigenvalue weighted by molar-refractivity contribution is 0.102. The summed E-state index contributed by atoms with van der Waals surface area (Å²) in [5.41, 5.74) is 1.94. The molecule has 4 aromatic rings. The normalized spacial score (nSPS) is 10.6. The third kappa shape index (κ3) is 3.62. The van der Waals surface area contributed by atoms with E-state index in [1.807, 2.05) is 72.8 Å². The monoisotopic (exact) mass is 358 g/mol. The van der Waals surface area contributed by atoms with E-state index >= 15 is 0 Å². The maximum Gasteiger partial charge on any atom is 0.272 e. The Balaban J connectivity index is 1.58. The van der Waals surface area contributed by atoms with Crippen LogP contribution in [0.15, 0.2) is 78.9 Å². The summed E-state index contributed by atoms with van der Waals surface area (Å²) in [6.07, 6.45) is 0. The summed E-state index contributed by atoms with van der Waals surface area (Å²) in [6.45, 7) is 0. The highest BCUT2D eigenvalue weighted by molar-refractivity contribution is 6.06. The predicted molar refractivity (Wildman–Crippen MR) is 106 cm³/mol. The second kappa shape index (κ2) is 7.25. The van der Waals surface area contributed by atoms with Crippen LogP contribution in [0.4, 0.5) is 5.69 Å². The molecule has 1 aromatic heterocycles. The number of amides is 1. The van der Waals surface area contributed by atoms with Gasteiger partial charge in [0.2, 0.25) is 0 Å². The van der Waals surface area contributed by atoms with Gasteiger partial charge in [0.15, 0.2) is 5.75 Å². The number of ether oxygens (including phenoxy) is 2. The molecule has 2 N–H and O–H groups in total. The maximum absolute atomic E-state index is 12.7. The van der Waals surface area contributed by atoms with Crippen LogP contribution in [0.25, 0.3) is 10.9 Å². The Labute approximate surface area is 156 Å². The van der Waals surface area contributed by atoms with Crippen LogP contribution < -0.4 is 14.8 Å². The Bertz CT molecular complexity index is 1090. The van der Waals surface area contributed by atoms with E-state index in [9.17, 15) is 4.79 Å². The van der Waals surface area contributed by atoms with Crippen LogP contribution in [0.5, 0.6) is 17.2 Å². The largest absolute Gasteiger partial charge is 0.497 e. The van der Waals surface area contributed by atoms with Crippen molar-refractivity contribution >= 4 is 22.5 Å². The van der Waals surface area contributed by atoms with E-state index in [1.54, 1.807) is 13.2 Å². The molecule has 0 bridgehead atoms. The van der Waals surface area contributed by atoms with Crippen LogP contribution in [-0.4, -0.2) is 18.0 Å². The number of aromatic amines is 1. The maximum atomic E-state index is 12.7. The fraction of sp³-hybridized carbons (Fsp3) is 0.0455. The lowest BCUT2D eigenvalue weighted by Gasteiger charge is -2.11. The van der Waals surface area contributed by atoms with Crippen molar-refractivity contribution in [3.05, 3.63) is 84.6 Å². The molecule has 134 valence electrons. The van der Waals surface area contributed by atoms with Crippen molar-refractivity contribution < 1.29 is 14.3 Å². The zero-order chi connectivity index (χ0) is 18.6. The summed E-state index contributed by atoms with van der Waals surface area (Å²) >= 11 is 0. The molecule has 5 heteroatoms. The highest BCUT2D eigenvalue weighted by Crippen LogP contribution is 2.30. The second-order valence-electron chi connectivity index (χ2n) is 6.00. The number of H-pyrrole nitrogens is 1. The Morgan fingerprint density at radius 1 is 0.889 bits per heavy atom. The van der Waals surface area contributed by atoms with Crippen LogP contribution in [0, 0.1) is 0 Å². The van der Waals surface area contributed by atoms with E-state index in [0.29, 0.717) is 22.9 Å². The standard InChI is InChI=1S/C22H18N2O3/c1-26-17-11-12-18-15(13-17)14-20(23-18)22(25)24-19-9-5-6-10-21(19)27-16-7-3-2-4-8-16/h2-14,23H,1H3,(H,24,25). The van der Waals surface area contributed by atoms with E-state index in [-0.39, 0.29) is 5.91 Å². The molecule has 27 heavy (non-hydrogen) atoms. The van der Waals surface area contributed by atoms with Crippen molar-refractivity contribution in [1.82, 2.24) is 4.98 Å².